The largest absolute Gasteiger partial charge is 0.463 e. The van der Waals surface area contributed by atoms with Crippen LogP contribution in [0.4, 0.5) is 0 Å². The van der Waals surface area contributed by atoms with Crippen molar-refractivity contribution in [3.05, 3.63) is 106 Å². The van der Waals surface area contributed by atoms with Crippen LogP contribution in [0.15, 0.2) is 89.0 Å². The Morgan fingerprint density at radius 3 is 2.71 bits per heavy atom. The number of nitrogens with one attached hydrogen (secondary N) is 5. The van der Waals surface area contributed by atoms with Crippen LogP contribution >= 0.6 is 0 Å². The molecule has 4 aliphatic heterocycles. The number of cyclic esters (lactones) is 1. The molecule has 7 aliphatic rings. The molecule has 4 bridgehead atoms. The quantitative estimate of drug-likeness (QED) is 0.0420. The van der Waals surface area contributed by atoms with Gasteiger partial charge in [-0.3, -0.25) is 9.59 Å². The number of aliphatic hydroxyl groups excluding tert-OH is 1. The maximum atomic E-state index is 15.5. The first-order valence-electron chi connectivity index (χ1n) is 23.6. The summed E-state index contributed by atoms with van der Waals surface area (Å²) in [6.45, 7) is 8.26. The monoisotopic (exact) mass is 863 g/mol. The second kappa shape index (κ2) is 19.0. The zero-order chi connectivity index (χ0) is 44.4. The van der Waals surface area contributed by atoms with Crippen molar-refractivity contribution in [2.24, 2.45) is 34.8 Å². The number of hydrogen-bond donors (Lipinski definition) is 7. The van der Waals surface area contributed by atoms with Crippen molar-refractivity contribution < 1.29 is 29.0 Å². The molecule has 0 amide bonds. The van der Waals surface area contributed by atoms with Gasteiger partial charge in [-0.15, -0.1) is 0 Å². The Morgan fingerprint density at radius 1 is 1.08 bits per heavy atom. The molecule has 1 aromatic rings. The minimum Gasteiger partial charge on any atom is -0.463 e. The fraction of sp³-hybridized carbons (Fsp3) is 0.588. The summed E-state index contributed by atoms with van der Waals surface area (Å²) in [6.07, 6.45) is 24.5. The number of ketones is 2. The Labute approximate surface area is 373 Å². The highest BCUT2D eigenvalue weighted by Gasteiger charge is 2.86. The normalized spacial score (nSPS) is 34.2. The van der Waals surface area contributed by atoms with Crippen LogP contribution in [0.1, 0.15) is 118 Å². The zero-order valence-corrected chi connectivity index (χ0v) is 37.8. The summed E-state index contributed by atoms with van der Waals surface area (Å²) in [5.74, 6) is 0.761. The van der Waals surface area contributed by atoms with E-state index < -0.39 is 28.7 Å². The second-order valence-corrected chi connectivity index (χ2v) is 19.7. The highest BCUT2D eigenvalue weighted by molar-refractivity contribution is 6.33. The summed E-state index contributed by atoms with van der Waals surface area (Å²) >= 11 is 0. The number of nitrogens with two attached hydrogens (primary N) is 1. The number of ether oxygens (including phenoxy) is 2. The Morgan fingerprint density at radius 2 is 1.94 bits per heavy atom. The van der Waals surface area contributed by atoms with Crippen LogP contribution in [0.5, 0.6) is 0 Å². The van der Waals surface area contributed by atoms with Gasteiger partial charge in [0.25, 0.3) is 5.60 Å². The van der Waals surface area contributed by atoms with Crippen molar-refractivity contribution in [3.8, 4) is 0 Å². The maximum absolute atomic E-state index is 15.5. The minimum atomic E-state index is -2.15. The van der Waals surface area contributed by atoms with Gasteiger partial charge in [0.05, 0.1) is 26.0 Å². The number of allylic oxidation sites excluding steroid dienone is 7. The SMILES string of the molecule is CCNC1CC2C=CCC3CCCCC(C)(CC4=CNC(N)C=C4)Cc4cccc5c4C(=O)C4(OC4(CC(CO)=C(C)CCC4=CCNC(NCNC)=C4)C5=O)C(=O)OCC1CC23. The fourth-order valence-electron chi connectivity index (χ4n) is 11.8. The number of carbonyl (C=O) groups is 3. The van der Waals surface area contributed by atoms with E-state index in [0.717, 1.165) is 86.0 Å². The van der Waals surface area contributed by atoms with E-state index in [1.165, 1.54) is 0 Å². The van der Waals surface area contributed by atoms with Crippen LogP contribution in [-0.4, -0.2) is 86.1 Å². The third-order valence-electron chi connectivity index (χ3n) is 15.3. The van der Waals surface area contributed by atoms with E-state index in [2.05, 4.69) is 70.8 Å². The third-order valence-corrected chi connectivity index (χ3v) is 15.3. The molecule has 63 heavy (non-hydrogen) atoms. The number of epoxide rings is 1. The Kier molecular flexibility index (Phi) is 13.7. The molecule has 3 aliphatic carbocycles. The number of fused-ring (bicyclic) bond motifs is 1. The van der Waals surface area contributed by atoms with E-state index in [4.69, 9.17) is 15.2 Å². The molecule has 8 N–H and O–H groups in total. The lowest BCUT2D eigenvalue weighted by Gasteiger charge is -2.45. The maximum Gasteiger partial charge on any atom is 0.350 e. The summed E-state index contributed by atoms with van der Waals surface area (Å²) in [5, 5.41) is 27.6. The molecule has 1 spiro atoms. The molecule has 2 fully saturated rings. The van der Waals surface area contributed by atoms with E-state index in [0.29, 0.717) is 55.8 Å². The average Bonchev–Trinajstić information content (AvgIpc) is 3.99. The van der Waals surface area contributed by atoms with E-state index in [1.807, 2.05) is 38.4 Å². The second-order valence-electron chi connectivity index (χ2n) is 19.7. The number of hydrogen-bond acceptors (Lipinski definition) is 12. The van der Waals surface area contributed by atoms with E-state index in [9.17, 15) is 9.90 Å². The van der Waals surface area contributed by atoms with E-state index in [-0.39, 0.29) is 54.3 Å². The van der Waals surface area contributed by atoms with Gasteiger partial charge in [-0.05, 0) is 136 Å². The lowest BCUT2D eigenvalue weighted by molar-refractivity contribution is -0.150. The highest BCUT2D eigenvalue weighted by atomic mass is 16.7. The van der Waals surface area contributed by atoms with Gasteiger partial charge in [0, 0.05) is 42.3 Å². The van der Waals surface area contributed by atoms with Gasteiger partial charge in [0.1, 0.15) is 5.82 Å². The Hall–Kier alpha value is -4.33. The average molecular weight is 863 g/mol. The number of esters is 1. The van der Waals surface area contributed by atoms with Crippen LogP contribution in [0.2, 0.25) is 0 Å². The Bertz CT molecular complexity index is 2120. The molecule has 0 radical (unpaired) electrons. The predicted molar refractivity (Wildman–Crippen MR) is 245 cm³/mol. The summed E-state index contributed by atoms with van der Waals surface area (Å²) in [7, 11) is 1.88. The molecule has 1 aromatic carbocycles. The standard InChI is InChI=1S/C51H70N6O6/c1-5-54-42-24-36-12-8-11-35-10-6-7-20-49(3,25-34-17-18-43(52)56-28-34)26-37-13-9-14-40-45(37)47(60)51(48(61)62-30-38(42)23-41(35)36)50(63-51,46(40)59)27-39(29-58)32(2)15-16-33-19-21-55-44(22-33)57-31-53-4/h8-9,12-14,17-19,22,28,35-36,38,41-43,53-58H,5-7,10-11,15-16,20-21,23-27,29-31,52H2,1-4H3. The molecular formula is C51H70N6O6. The summed E-state index contributed by atoms with van der Waals surface area (Å²) in [5.41, 5.74) is 6.90. The number of Topliss-reactive ketones (excluding diaryl/α,β-unsaturated/α-hetero) is 2. The fourth-order valence-corrected chi connectivity index (χ4v) is 11.8. The van der Waals surface area contributed by atoms with Gasteiger partial charge < -0.3 is 46.9 Å². The molecule has 4 heterocycles. The molecule has 340 valence electrons. The number of aliphatic hydroxyl groups is 1. The third kappa shape index (κ3) is 9.03. The number of benzene rings is 1. The first-order valence-corrected chi connectivity index (χ1v) is 23.6. The van der Waals surface area contributed by atoms with Gasteiger partial charge in [-0.1, -0.05) is 74.8 Å². The van der Waals surface area contributed by atoms with Crippen LogP contribution in [0.3, 0.4) is 0 Å². The molecule has 12 nitrogen and oxygen atoms in total. The first kappa shape index (κ1) is 45.2. The molecule has 1 saturated carbocycles. The topological polar surface area (TPSA) is 179 Å². The molecule has 12 heteroatoms. The highest BCUT2D eigenvalue weighted by Crippen LogP contribution is 2.60. The van der Waals surface area contributed by atoms with Gasteiger partial charge in [-0.2, -0.15) is 0 Å². The van der Waals surface area contributed by atoms with Gasteiger partial charge in [-0.25, -0.2) is 4.79 Å². The van der Waals surface area contributed by atoms with Crippen molar-refractivity contribution >= 4 is 17.5 Å². The van der Waals surface area contributed by atoms with Crippen molar-refractivity contribution in [3.63, 3.8) is 0 Å². The molecule has 9 atom stereocenters. The van der Waals surface area contributed by atoms with E-state index in [1.54, 1.807) is 6.07 Å². The molecule has 8 rings (SSSR count). The zero-order valence-electron chi connectivity index (χ0n) is 37.8. The summed E-state index contributed by atoms with van der Waals surface area (Å²) in [6, 6.07) is 5.64. The van der Waals surface area contributed by atoms with Crippen molar-refractivity contribution in [1.82, 2.24) is 26.6 Å². The van der Waals surface area contributed by atoms with E-state index >= 15 is 9.59 Å². The van der Waals surface area contributed by atoms with Gasteiger partial charge in [0.15, 0.2) is 11.4 Å². The van der Waals surface area contributed by atoms with Crippen molar-refractivity contribution in [1.29, 1.82) is 0 Å². The van der Waals surface area contributed by atoms with Crippen molar-refractivity contribution in [2.45, 2.75) is 121 Å². The first-order chi connectivity index (χ1) is 30.4. The van der Waals surface area contributed by atoms with Crippen LogP contribution in [0.25, 0.3) is 0 Å². The van der Waals surface area contributed by atoms with Crippen LogP contribution < -0.4 is 32.3 Å². The van der Waals surface area contributed by atoms with Crippen LogP contribution in [-0.2, 0) is 20.7 Å². The summed E-state index contributed by atoms with van der Waals surface area (Å²) in [4.78, 5) is 45.6. The smallest absolute Gasteiger partial charge is 0.350 e. The molecule has 1 saturated heterocycles. The molecule has 9 unspecified atom stereocenters. The lowest BCUT2D eigenvalue weighted by Crippen LogP contribution is -2.52. The lowest BCUT2D eigenvalue weighted by atomic mass is 9.63. The minimum absolute atomic E-state index is 0.0471. The van der Waals surface area contributed by atoms with Gasteiger partial charge in [0.2, 0.25) is 5.78 Å². The molecular weight excluding hydrogens is 793 g/mol. The van der Waals surface area contributed by atoms with Crippen molar-refractivity contribution in [2.75, 3.05) is 40.0 Å². The summed E-state index contributed by atoms with van der Waals surface area (Å²) < 4.78 is 12.9. The number of carbonyl (C=O) groups excluding carboxylic acids is 3. The molecule has 0 aromatic heterocycles. The van der Waals surface area contributed by atoms with Crippen LogP contribution in [0, 0.1) is 29.1 Å². The van der Waals surface area contributed by atoms with Gasteiger partial charge >= 0.3 is 5.97 Å². The number of dihydropyridines is 2. The Balaban J connectivity index is 1.16. The number of rotatable bonds is 13. The predicted octanol–water partition coefficient (Wildman–Crippen LogP) is 5.77.